The highest BCUT2D eigenvalue weighted by molar-refractivity contribution is 5.73. The van der Waals surface area contributed by atoms with Crippen LogP contribution in [0.5, 0.6) is 0 Å². The van der Waals surface area contributed by atoms with Gasteiger partial charge in [-0.15, -0.1) is 0 Å². The fraction of sp³-hybridized carbons (Fsp3) is 0.364. The number of benzene rings is 1. The Morgan fingerprint density at radius 2 is 2.00 bits per heavy atom. The smallest absolute Gasteiger partial charge is 0.316 e. The summed E-state index contributed by atoms with van der Waals surface area (Å²) in [4.78, 5) is 12.6. The molecule has 16 heavy (non-hydrogen) atoms. The second-order valence-electron chi connectivity index (χ2n) is 3.76. The van der Waals surface area contributed by atoms with Gasteiger partial charge in [-0.3, -0.25) is 0 Å². The molecule has 1 unspecified atom stereocenters. The van der Waals surface area contributed by atoms with Crippen LogP contribution in [0.15, 0.2) is 24.3 Å². The number of rotatable bonds is 3. The minimum atomic E-state index is -0.718. The Labute approximate surface area is 94.9 Å². The molecule has 5 heteroatoms. The van der Waals surface area contributed by atoms with Crippen LogP contribution in [0.2, 0.25) is 0 Å². The van der Waals surface area contributed by atoms with Gasteiger partial charge in [0.2, 0.25) is 0 Å². The molecule has 1 rings (SSSR count). The molecule has 0 fully saturated rings. The molecule has 0 saturated carbocycles. The number of nitrogens with zero attached hydrogens (tertiary/aromatic N) is 1. The van der Waals surface area contributed by atoms with Crippen LogP contribution in [0.1, 0.15) is 11.7 Å². The van der Waals surface area contributed by atoms with Crippen molar-refractivity contribution in [3.63, 3.8) is 0 Å². The zero-order chi connectivity index (χ0) is 12.1. The maximum Gasteiger partial charge on any atom is 0.316 e. The predicted molar refractivity (Wildman–Crippen MR) is 62.9 cm³/mol. The number of hydrogen-bond donors (Lipinski definition) is 3. The van der Waals surface area contributed by atoms with Crippen LogP contribution < -0.4 is 11.1 Å². The van der Waals surface area contributed by atoms with Crippen molar-refractivity contribution in [3.05, 3.63) is 29.8 Å². The molecule has 0 bridgehead atoms. The van der Waals surface area contributed by atoms with Crippen LogP contribution in [0.3, 0.4) is 0 Å². The molecule has 0 saturated heterocycles. The van der Waals surface area contributed by atoms with Crippen molar-refractivity contribution in [1.29, 1.82) is 0 Å². The SMILES string of the molecule is CN(C)C(=O)NCC(O)c1ccc(N)cc1. The summed E-state index contributed by atoms with van der Waals surface area (Å²) >= 11 is 0. The lowest BCUT2D eigenvalue weighted by Crippen LogP contribution is -2.36. The minimum Gasteiger partial charge on any atom is -0.399 e. The molecule has 0 aliphatic heterocycles. The maximum absolute atomic E-state index is 11.2. The molecule has 0 heterocycles. The van der Waals surface area contributed by atoms with Crippen molar-refractivity contribution in [3.8, 4) is 0 Å². The van der Waals surface area contributed by atoms with Gasteiger partial charge in [-0.2, -0.15) is 0 Å². The van der Waals surface area contributed by atoms with E-state index in [-0.39, 0.29) is 12.6 Å². The summed E-state index contributed by atoms with van der Waals surface area (Å²) in [5.41, 5.74) is 6.91. The van der Waals surface area contributed by atoms with E-state index in [1.807, 2.05) is 0 Å². The van der Waals surface area contributed by atoms with Gasteiger partial charge in [-0.05, 0) is 17.7 Å². The first-order chi connectivity index (χ1) is 7.50. The van der Waals surface area contributed by atoms with Crippen LogP contribution in [0.4, 0.5) is 10.5 Å². The molecule has 0 spiro atoms. The molecule has 0 radical (unpaired) electrons. The van der Waals surface area contributed by atoms with Gasteiger partial charge in [0.25, 0.3) is 0 Å². The predicted octanol–water partition coefficient (Wildman–Crippen LogP) is 0.573. The van der Waals surface area contributed by atoms with E-state index in [4.69, 9.17) is 5.73 Å². The number of aliphatic hydroxyl groups is 1. The van der Waals surface area contributed by atoms with Crippen molar-refractivity contribution in [2.24, 2.45) is 0 Å². The van der Waals surface area contributed by atoms with Crippen LogP contribution >= 0.6 is 0 Å². The minimum absolute atomic E-state index is 0.181. The Balaban J connectivity index is 2.49. The van der Waals surface area contributed by atoms with Gasteiger partial charge in [-0.1, -0.05) is 12.1 Å². The summed E-state index contributed by atoms with van der Waals surface area (Å²) in [7, 11) is 3.29. The summed E-state index contributed by atoms with van der Waals surface area (Å²) in [6.07, 6.45) is -0.718. The van der Waals surface area contributed by atoms with Gasteiger partial charge in [0.05, 0.1) is 6.10 Å². The zero-order valence-electron chi connectivity index (χ0n) is 9.47. The summed E-state index contributed by atoms with van der Waals surface area (Å²) < 4.78 is 0. The topological polar surface area (TPSA) is 78.6 Å². The molecule has 1 aromatic carbocycles. The van der Waals surface area contributed by atoms with Crippen molar-refractivity contribution < 1.29 is 9.90 Å². The Bertz CT molecular complexity index is 349. The van der Waals surface area contributed by atoms with Crippen molar-refractivity contribution in [2.75, 3.05) is 26.4 Å². The Morgan fingerprint density at radius 3 is 2.50 bits per heavy atom. The molecular weight excluding hydrogens is 206 g/mol. The van der Waals surface area contributed by atoms with Gasteiger partial charge in [0, 0.05) is 26.3 Å². The average Bonchev–Trinajstić information content (AvgIpc) is 2.26. The van der Waals surface area contributed by atoms with Crippen molar-refractivity contribution in [2.45, 2.75) is 6.10 Å². The van der Waals surface area contributed by atoms with Gasteiger partial charge in [0.1, 0.15) is 0 Å². The number of anilines is 1. The molecular formula is C11H17N3O2. The lowest BCUT2D eigenvalue weighted by Gasteiger charge is -2.15. The second-order valence-corrected chi connectivity index (χ2v) is 3.76. The number of nitrogens with two attached hydrogens (primary N) is 1. The quantitative estimate of drug-likeness (QED) is 0.656. The van der Waals surface area contributed by atoms with Crippen LogP contribution in [-0.4, -0.2) is 36.7 Å². The maximum atomic E-state index is 11.2. The highest BCUT2D eigenvalue weighted by atomic mass is 16.3. The monoisotopic (exact) mass is 223 g/mol. The van der Waals surface area contributed by atoms with E-state index < -0.39 is 6.10 Å². The highest BCUT2D eigenvalue weighted by Crippen LogP contribution is 2.13. The lowest BCUT2D eigenvalue weighted by atomic mass is 10.1. The standard InChI is InChI=1S/C11H17N3O2/c1-14(2)11(16)13-7-10(15)8-3-5-9(12)6-4-8/h3-6,10,15H,7,12H2,1-2H3,(H,13,16). The van der Waals surface area contributed by atoms with E-state index >= 15 is 0 Å². The first-order valence-electron chi connectivity index (χ1n) is 4.99. The normalized spacial score (nSPS) is 11.9. The Kier molecular flexibility index (Phi) is 4.13. The molecule has 2 amide bonds. The molecule has 1 aromatic rings. The summed E-state index contributed by atoms with van der Waals surface area (Å²) in [5.74, 6) is 0. The Morgan fingerprint density at radius 1 is 1.44 bits per heavy atom. The second kappa shape index (κ2) is 5.37. The van der Waals surface area contributed by atoms with Gasteiger partial charge in [0.15, 0.2) is 0 Å². The van der Waals surface area contributed by atoms with Gasteiger partial charge < -0.3 is 21.1 Å². The number of aliphatic hydroxyl groups excluding tert-OH is 1. The van der Waals surface area contributed by atoms with Gasteiger partial charge in [-0.25, -0.2) is 4.79 Å². The number of urea groups is 1. The van der Waals surface area contributed by atoms with E-state index in [0.29, 0.717) is 5.69 Å². The fourth-order valence-electron chi connectivity index (χ4n) is 1.18. The van der Waals surface area contributed by atoms with E-state index in [1.165, 1.54) is 4.90 Å². The molecule has 1 atom stereocenters. The van der Waals surface area contributed by atoms with E-state index in [0.717, 1.165) is 5.56 Å². The highest BCUT2D eigenvalue weighted by Gasteiger charge is 2.09. The number of amides is 2. The average molecular weight is 223 g/mol. The Hall–Kier alpha value is -1.75. The number of hydrogen-bond acceptors (Lipinski definition) is 3. The summed E-state index contributed by atoms with van der Waals surface area (Å²) in [5, 5.41) is 12.4. The zero-order valence-corrected chi connectivity index (χ0v) is 9.47. The van der Waals surface area contributed by atoms with E-state index in [9.17, 15) is 9.90 Å². The first kappa shape index (κ1) is 12.3. The van der Waals surface area contributed by atoms with Crippen LogP contribution in [0.25, 0.3) is 0 Å². The number of nitrogens with one attached hydrogen (secondary N) is 1. The number of carbonyl (C=O) groups is 1. The molecule has 5 nitrogen and oxygen atoms in total. The van der Waals surface area contributed by atoms with Crippen LogP contribution in [-0.2, 0) is 0 Å². The van der Waals surface area contributed by atoms with Crippen molar-refractivity contribution in [1.82, 2.24) is 10.2 Å². The first-order valence-corrected chi connectivity index (χ1v) is 4.99. The fourth-order valence-corrected chi connectivity index (χ4v) is 1.18. The lowest BCUT2D eigenvalue weighted by molar-refractivity contribution is 0.167. The summed E-state index contributed by atoms with van der Waals surface area (Å²) in [6.45, 7) is 0.181. The third-order valence-corrected chi connectivity index (χ3v) is 2.17. The summed E-state index contributed by atoms with van der Waals surface area (Å²) in [6, 6.07) is 6.68. The van der Waals surface area contributed by atoms with E-state index in [2.05, 4.69) is 5.32 Å². The largest absolute Gasteiger partial charge is 0.399 e. The van der Waals surface area contributed by atoms with Crippen LogP contribution in [0, 0.1) is 0 Å². The molecule has 88 valence electrons. The third kappa shape index (κ3) is 3.43. The van der Waals surface area contributed by atoms with Gasteiger partial charge >= 0.3 is 6.03 Å². The molecule has 0 aliphatic carbocycles. The molecule has 0 aliphatic rings. The molecule has 0 aromatic heterocycles. The van der Waals surface area contributed by atoms with E-state index in [1.54, 1.807) is 38.4 Å². The number of carbonyl (C=O) groups excluding carboxylic acids is 1. The molecule has 4 N–H and O–H groups in total. The number of nitrogen functional groups attached to an aromatic ring is 1. The van der Waals surface area contributed by atoms with Crippen molar-refractivity contribution >= 4 is 11.7 Å². The third-order valence-electron chi connectivity index (χ3n) is 2.17.